The molecule has 0 aromatic carbocycles. The van der Waals surface area contributed by atoms with Gasteiger partial charge in [-0.25, -0.2) is 0 Å². The van der Waals surface area contributed by atoms with Gasteiger partial charge in [0.1, 0.15) is 0 Å². The third-order valence-corrected chi connectivity index (χ3v) is 3.33. The van der Waals surface area contributed by atoms with Crippen molar-refractivity contribution in [1.29, 1.82) is 0 Å². The number of amides is 1. The third kappa shape index (κ3) is 3.94. The van der Waals surface area contributed by atoms with Gasteiger partial charge in [0, 0.05) is 39.6 Å². The van der Waals surface area contributed by atoms with E-state index in [9.17, 15) is 9.90 Å². The first-order valence-corrected chi connectivity index (χ1v) is 6.16. The van der Waals surface area contributed by atoms with Gasteiger partial charge in [-0.15, -0.1) is 0 Å². The number of likely N-dealkylation sites (N-methyl/N-ethyl adjacent to an activating group) is 1. The summed E-state index contributed by atoms with van der Waals surface area (Å²) in [7, 11) is 1.69. The number of aliphatic hydroxyl groups is 1. The summed E-state index contributed by atoms with van der Waals surface area (Å²) in [4.78, 5) is 13.5. The fourth-order valence-electron chi connectivity index (χ4n) is 1.97. The molecule has 0 saturated carbocycles. The molecule has 3 N–H and O–H groups in total. The maximum atomic E-state index is 12.0. The van der Waals surface area contributed by atoms with Crippen LogP contribution < -0.4 is 5.73 Å². The minimum absolute atomic E-state index is 0.106. The average molecular weight is 244 g/mol. The highest BCUT2D eigenvalue weighted by Gasteiger charge is 2.33. The monoisotopic (exact) mass is 244 g/mol. The highest BCUT2D eigenvalue weighted by Crippen LogP contribution is 2.21. The molecular weight excluding hydrogens is 220 g/mol. The molecule has 0 aromatic heterocycles. The number of carbonyl (C=O) groups excluding carboxylic acids is 1. The first kappa shape index (κ1) is 14.4. The molecule has 1 aliphatic rings. The van der Waals surface area contributed by atoms with Crippen molar-refractivity contribution in [2.24, 2.45) is 11.7 Å². The van der Waals surface area contributed by atoms with Crippen LogP contribution in [0.2, 0.25) is 0 Å². The third-order valence-electron chi connectivity index (χ3n) is 3.33. The minimum Gasteiger partial charge on any atom is -0.388 e. The van der Waals surface area contributed by atoms with Crippen molar-refractivity contribution in [3.8, 4) is 0 Å². The van der Waals surface area contributed by atoms with E-state index in [1.165, 1.54) is 4.90 Å². The van der Waals surface area contributed by atoms with Gasteiger partial charge in [0.15, 0.2) is 0 Å². The van der Waals surface area contributed by atoms with Crippen LogP contribution in [-0.4, -0.2) is 54.4 Å². The quantitative estimate of drug-likeness (QED) is 0.728. The Kier molecular flexibility index (Phi) is 4.91. The highest BCUT2D eigenvalue weighted by atomic mass is 16.5. The van der Waals surface area contributed by atoms with Crippen molar-refractivity contribution in [2.45, 2.75) is 38.3 Å². The lowest BCUT2D eigenvalue weighted by molar-refractivity contribution is -0.139. The Hall–Kier alpha value is -0.650. The number of hydrogen-bond donors (Lipinski definition) is 2. The van der Waals surface area contributed by atoms with Gasteiger partial charge in [0.2, 0.25) is 5.91 Å². The smallest absolute Gasteiger partial charge is 0.239 e. The summed E-state index contributed by atoms with van der Waals surface area (Å²) in [6.45, 7) is 5.26. The summed E-state index contributed by atoms with van der Waals surface area (Å²) in [5.41, 5.74) is 4.99. The molecule has 100 valence electrons. The van der Waals surface area contributed by atoms with E-state index < -0.39 is 11.6 Å². The normalized spacial score (nSPS) is 21.3. The number of nitrogens with two attached hydrogens (primary N) is 1. The SMILES string of the molecule is CC(C)C(N)C(=O)N(C)CC1(O)CCOCC1. The van der Waals surface area contributed by atoms with Crippen molar-refractivity contribution in [3.63, 3.8) is 0 Å². The highest BCUT2D eigenvalue weighted by molar-refractivity contribution is 5.81. The second-order valence-electron chi connectivity index (χ2n) is 5.30. The predicted octanol–water partition coefficient (Wildman–Crippen LogP) is -0.0304. The molecule has 17 heavy (non-hydrogen) atoms. The van der Waals surface area contributed by atoms with E-state index in [0.717, 1.165) is 0 Å². The Bertz CT molecular complexity index is 262. The van der Waals surface area contributed by atoms with Gasteiger partial charge in [-0.05, 0) is 5.92 Å². The molecule has 1 fully saturated rings. The second-order valence-corrected chi connectivity index (χ2v) is 5.30. The van der Waals surface area contributed by atoms with Crippen molar-refractivity contribution in [2.75, 3.05) is 26.8 Å². The molecule has 0 radical (unpaired) electrons. The summed E-state index contributed by atoms with van der Waals surface area (Å²) >= 11 is 0. The number of carbonyl (C=O) groups is 1. The fraction of sp³-hybridized carbons (Fsp3) is 0.917. The lowest BCUT2D eigenvalue weighted by Gasteiger charge is -2.36. The predicted molar refractivity (Wildman–Crippen MR) is 65.5 cm³/mol. The molecule has 1 aliphatic heterocycles. The van der Waals surface area contributed by atoms with Gasteiger partial charge in [-0.2, -0.15) is 0 Å². The molecule has 5 nitrogen and oxygen atoms in total. The molecule has 1 rings (SSSR count). The molecule has 1 amide bonds. The van der Waals surface area contributed by atoms with E-state index in [1.54, 1.807) is 7.05 Å². The Morgan fingerprint density at radius 3 is 2.47 bits per heavy atom. The topological polar surface area (TPSA) is 75.8 Å². The summed E-state index contributed by atoms with van der Waals surface area (Å²) in [5.74, 6) is -0.00537. The molecular formula is C12H24N2O3. The van der Waals surface area contributed by atoms with Crippen LogP contribution in [0.15, 0.2) is 0 Å². The standard InChI is InChI=1S/C12H24N2O3/c1-9(2)10(13)11(15)14(3)8-12(16)4-6-17-7-5-12/h9-10,16H,4-8,13H2,1-3H3. The van der Waals surface area contributed by atoms with Crippen molar-refractivity contribution in [3.05, 3.63) is 0 Å². The van der Waals surface area contributed by atoms with Gasteiger partial charge in [0.05, 0.1) is 11.6 Å². The zero-order valence-electron chi connectivity index (χ0n) is 11.0. The van der Waals surface area contributed by atoms with Gasteiger partial charge in [-0.3, -0.25) is 4.79 Å². The number of hydrogen-bond acceptors (Lipinski definition) is 4. The molecule has 0 spiro atoms. The van der Waals surface area contributed by atoms with Crippen LogP contribution in [-0.2, 0) is 9.53 Å². The van der Waals surface area contributed by atoms with E-state index in [4.69, 9.17) is 10.5 Å². The van der Waals surface area contributed by atoms with Crippen LogP contribution in [0.1, 0.15) is 26.7 Å². The molecule has 0 aromatic rings. The number of rotatable bonds is 4. The molecule has 1 atom stereocenters. The Morgan fingerprint density at radius 1 is 1.47 bits per heavy atom. The second kappa shape index (κ2) is 5.80. The zero-order valence-corrected chi connectivity index (χ0v) is 11.0. The fourth-order valence-corrected chi connectivity index (χ4v) is 1.97. The van der Waals surface area contributed by atoms with E-state index in [2.05, 4.69) is 0 Å². The van der Waals surface area contributed by atoms with Crippen LogP contribution >= 0.6 is 0 Å². The zero-order chi connectivity index (χ0) is 13.1. The van der Waals surface area contributed by atoms with Crippen LogP contribution in [0.25, 0.3) is 0 Å². The van der Waals surface area contributed by atoms with Gasteiger partial charge in [-0.1, -0.05) is 13.8 Å². The van der Waals surface area contributed by atoms with Crippen molar-refractivity contribution < 1.29 is 14.6 Å². The molecule has 1 saturated heterocycles. The number of ether oxygens (including phenoxy) is 1. The lowest BCUT2D eigenvalue weighted by atomic mass is 9.93. The Balaban J connectivity index is 2.52. The van der Waals surface area contributed by atoms with E-state index in [-0.39, 0.29) is 11.8 Å². The van der Waals surface area contributed by atoms with Crippen LogP contribution in [0.4, 0.5) is 0 Å². The largest absolute Gasteiger partial charge is 0.388 e. The lowest BCUT2D eigenvalue weighted by Crippen LogP contribution is -2.52. The molecule has 5 heteroatoms. The Morgan fingerprint density at radius 2 is 2.00 bits per heavy atom. The van der Waals surface area contributed by atoms with Crippen LogP contribution in [0.5, 0.6) is 0 Å². The van der Waals surface area contributed by atoms with Gasteiger partial charge < -0.3 is 20.5 Å². The van der Waals surface area contributed by atoms with Crippen molar-refractivity contribution in [1.82, 2.24) is 4.90 Å². The summed E-state index contributed by atoms with van der Waals surface area (Å²) < 4.78 is 5.20. The summed E-state index contributed by atoms with van der Waals surface area (Å²) in [6.07, 6.45) is 1.14. The van der Waals surface area contributed by atoms with Gasteiger partial charge >= 0.3 is 0 Å². The average Bonchev–Trinajstić information content (AvgIpc) is 2.27. The molecule has 1 unspecified atom stereocenters. The van der Waals surface area contributed by atoms with E-state index >= 15 is 0 Å². The minimum atomic E-state index is -0.820. The summed E-state index contributed by atoms with van der Waals surface area (Å²) in [6, 6.07) is -0.497. The number of nitrogens with zero attached hydrogens (tertiary/aromatic N) is 1. The van der Waals surface area contributed by atoms with Crippen LogP contribution in [0.3, 0.4) is 0 Å². The first-order chi connectivity index (χ1) is 7.86. The summed E-state index contributed by atoms with van der Waals surface area (Å²) in [5, 5.41) is 10.3. The Labute approximate surface area is 103 Å². The molecule has 0 bridgehead atoms. The van der Waals surface area contributed by atoms with Crippen LogP contribution in [0, 0.1) is 5.92 Å². The molecule has 1 heterocycles. The van der Waals surface area contributed by atoms with Crippen molar-refractivity contribution >= 4 is 5.91 Å². The van der Waals surface area contributed by atoms with Gasteiger partial charge in [0.25, 0.3) is 0 Å². The first-order valence-electron chi connectivity index (χ1n) is 6.16. The maximum Gasteiger partial charge on any atom is 0.239 e. The van der Waals surface area contributed by atoms with E-state index in [1.807, 2.05) is 13.8 Å². The maximum absolute atomic E-state index is 12.0. The van der Waals surface area contributed by atoms with E-state index in [0.29, 0.717) is 32.6 Å². The molecule has 0 aliphatic carbocycles.